The first-order valence-corrected chi connectivity index (χ1v) is 40.0. The molecule has 0 spiro atoms. The van der Waals surface area contributed by atoms with Crippen molar-refractivity contribution in [3.05, 3.63) is 248 Å². The van der Waals surface area contributed by atoms with E-state index in [1.54, 1.807) is 49.6 Å². The highest BCUT2D eigenvalue weighted by molar-refractivity contribution is 8.13. The second-order valence-electron chi connectivity index (χ2n) is 21.1. The SMILES string of the molecule is Cl.Cl.Cl.Cl.N#CCc1ccc(CCl)cn1.N#CCc1ccc(CSC(=N)N)cn1.N#CCc1cccc(CCl)c1.N#CCc1cccc(CSC(=N)N)c1.N#CCc1ccnc(CCl)c1.N#CCc1ccnc(CSC(=N)N)c1.N#CCc1cncc(CCl)c1.N#CCc1cncc(CSC(=N)N)c1.NC(N)=S.NC(N)=S.NC(N)=S.NC(N)=S. The summed E-state index contributed by atoms with van der Waals surface area (Å²) in [6, 6.07) is 50.6. The molecule has 30 nitrogen and oxygen atoms in total. The predicted molar refractivity (Wildman–Crippen MR) is 517 cm³/mol. The smallest absolute Gasteiger partial charge is 0.160 e. The maximum Gasteiger partial charge on any atom is 0.160 e. The third kappa shape index (κ3) is 82.7. The van der Waals surface area contributed by atoms with Gasteiger partial charge in [-0.05, 0) is 152 Å². The van der Waals surface area contributed by atoms with Gasteiger partial charge in [0.1, 0.15) is 0 Å². The number of aromatic nitrogens is 6. The Bertz CT molecular complexity index is 4270. The molecule has 0 aliphatic rings. The third-order valence-corrected chi connectivity index (χ3v) is 15.9. The fourth-order valence-electron chi connectivity index (χ4n) is 7.14. The number of alkyl halides is 4. The number of thioether (sulfide) groups is 4. The molecule has 0 saturated heterocycles. The molecule has 6 aromatic heterocycles. The van der Waals surface area contributed by atoms with Crippen molar-refractivity contribution in [3.8, 4) is 48.6 Å². The molecule has 0 fully saturated rings. The maximum atomic E-state index is 8.52. The number of nitrogens with two attached hydrogens (primary N) is 12. The number of amidine groups is 4. The van der Waals surface area contributed by atoms with Crippen molar-refractivity contribution < 1.29 is 0 Å². The summed E-state index contributed by atoms with van der Waals surface area (Å²) >= 11 is 43.7. The van der Waals surface area contributed by atoms with Gasteiger partial charge in [-0.1, -0.05) is 120 Å². The summed E-state index contributed by atoms with van der Waals surface area (Å²) in [6.07, 6.45) is 16.7. The van der Waals surface area contributed by atoms with Crippen molar-refractivity contribution in [1.29, 1.82) is 63.7 Å². The number of thiocarbonyl (C=S) groups is 4. The lowest BCUT2D eigenvalue weighted by Crippen LogP contribution is -2.18. The first-order chi connectivity index (χ1) is 55.3. The van der Waals surface area contributed by atoms with Crippen molar-refractivity contribution in [1.82, 2.24) is 29.9 Å². The molecule has 2 aromatic carbocycles. The number of pyridine rings is 6. The van der Waals surface area contributed by atoms with Crippen LogP contribution in [-0.2, 0) is 97.9 Å². The minimum absolute atomic E-state index is 0. The van der Waals surface area contributed by atoms with Crippen LogP contribution in [0.5, 0.6) is 0 Å². The number of nitrogens with one attached hydrogen (secondary N) is 4. The van der Waals surface area contributed by atoms with Gasteiger partial charge in [0.05, 0.1) is 129 Å². The molecule has 0 radical (unpaired) electrons. The molecule has 8 rings (SSSR count). The van der Waals surface area contributed by atoms with E-state index >= 15 is 0 Å². The average Bonchev–Trinajstić information content (AvgIpc) is 0.895. The van der Waals surface area contributed by atoms with Gasteiger partial charge in [-0.25, -0.2) is 0 Å². The largest absolute Gasteiger partial charge is 0.379 e. The Morgan fingerprint density at radius 1 is 0.283 bits per heavy atom. The van der Waals surface area contributed by atoms with Crippen LogP contribution in [0.15, 0.2) is 159 Å². The fourth-order valence-corrected chi connectivity index (χ4v) is 9.69. The van der Waals surface area contributed by atoms with Crippen LogP contribution in [0, 0.1) is 112 Å². The second-order valence-corrected chi connectivity index (χ2v) is 28.1. The topological polar surface area (TPSA) is 675 Å². The lowest BCUT2D eigenvalue weighted by Gasteiger charge is -2.01. The average molecular weight is 1940 g/mol. The summed E-state index contributed by atoms with van der Waals surface area (Å²) in [5.74, 6) is 4.38. The molecular formula is C74H90Cl8N30S8. The van der Waals surface area contributed by atoms with Crippen molar-refractivity contribution in [2.24, 2.45) is 68.8 Å². The van der Waals surface area contributed by atoms with Crippen LogP contribution in [0.4, 0.5) is 0 Å². The summed E-state index contributed by atoms with van der Waals surface area (Å²) in [7, 11) is 0. The number of hydrogen-bond donors (Lipinski definition) is 16. The van der Waals surface area contributed by atoms with E-state index in [4.69, 9.17) is 133 Å². The lowest BCUT2D eigenvalue weighted by molar-refractivity contribution is 1.09. The minimum Gasteiger partial charge on any atom is -0.379 e. The van der Waals surface area contributed by atoms with Crippen molar-refractivity contribution in [3.63, 3.8) is 0 Å². The number of nitrogens with zero attached hydrogens (tertiary/aromatic N) is 14. The number of hydrogen-bond acceptors (Lipinski definition) is 26. The second kappa shape index (κ2) is 85.1. The molecule has 8 aromatic rings. The molecular weight excluding hydrogens is 1850 g/mol. The van der Waals surface area contributed by atoms with Gasteiger partial charge in [0, 0.05) is 90.2 Å². The first-order valence-electron chi connectivity index (χ1n) is 32.3. The molecule has 6 heterocycles. The van der Waals surface area contributed by atoms with E-state index in [1.165, 1.54) is 47.0 Å². The van der Waals surface area contributed by atoms with Crippen LogP contribution in [0.2, 0.25) is 0 Å². The Hall–Kier alpha value is -10.4. The molecule has 46 heteroatoms. The number of halogens is 8. The van der Waals surface area contributed by atoms with Gasteiger partial charge >= 0.3 is 0 Å². The van der Waals surface area contributed by atoms with Crippen LogP contribution in [0.25, 0.3) is 0 Å². The van der Waals surface area contributed by atoms with Crippen LogP contribution < -0.4 is 68.8 Å². The minimum atomic E-state index is 0. The summed E-state index contributed by atoms with van der Waals surface area (Å²) in [4.78, 5) is 24.2. The van der Waals surface area contributed by atoms with Crippen LogP contribution in [0.3, 0.4) is 0 Å². The van der Waals surface area contributed by atoms with E-state index in [9.17, 15) is 0 Å². The van der Waals surface area contributed by atoms with Gasteiger partial charge in [0.25, 0.3) is 0 Å². The zero-order valence-corrected chi connectivity index (χ0v) is 76.7. The van der Waals surface area contributed by atoms with E-state index in [2.05, 4.69) is 161 Å². The van der Waals surface area contributed by atoms with Crippen LogP contribution >= 0.6 is 192 Å². The maximum absolute atomic E-state index is 8.52. The monoisotopic (exact) mass is 1930 g/mol. The van der Waals surface area contributed by atoms with Gasteiger partial charge < -0.3 is 68.8 Å². The van der Waals surface area contributed by atoms with Crippen molar-refractivity contribution >= 4 is 233 Å². The van der Waals surface area contributed by atoms with E-state index < -0.39 is 0 Å². The van der Waals surface area contributed by atoms with Crippen molar-refractivity contribution in [2.45, 2.75) is 97.9 Å². The standard InChI is InChI=1S/C10H11N3S.C9H8ClN.3C9H10N4S.3C8H7ClN2.4CH4N2S.4ClH/c11-5-4-8-2-1-3-9(6-8)7-14-10(12)13;10-7-9-3-1-2-8(6-9)4-5-11;10-3-1-7-2-4-13-8(5-7)6-14-9(11)12;10-2-1-7-3-8(5-13-4-7)6-14-9(11)12;10-4-3-8-2-1-7(5-13-8)6-14-9(11)12;9-6-8-5-7(1-3-10)2-4-11-8;9-4-8-3-7(1-2-10)5-11-6-8;9-5-7-1-2-8(3-4-10)11-6-7;4*2-1(3)4;;;;/h1-3,6H,4,7H2,(H3,12,13);1-3,6H,4,7H2;2,4-5H,1,6H2,(H3,11,12);3-5H,1,6H2,(H3,11,12);1-2,5H,3,6H2,(H3,11,12);2,4-5H,1,6H2;3,5-6H,1,4H2;1-2,6H,3,5H2;4*(H4,2,3,4);4*1H. The normalized spacial score (nSPS) is 8.50. The van der Waals surface area contributed by atoms with Crippen LogP contribution in [0.1, 0.15) is 89.5 Å². The zero-order valence-electron chi connectivity index (χ0n) is 63.9. The number of rotatable bonds is 20. The molecule has 0 unspecified atom stereocenters. The lowest BCUT2D eigenvalue weighted by atomic mass is 10.1. The summed E-state index contributed by atoms with van der Waals surface area (Å²) in [6.45, 7) is 0. The highest BCUT2D eigenvalue weighted by atomic mass is 35.5. The zero-order chi connectivity index (χ0) is 88.3. The van der Waals surface area contributed by atoms with E-state index in [0.717, 1.165) is 89.5 Å². The molecule has 0 aliphatic carbocycles. The summed E-state index contributed by atoms with van der Waals surface area (Å²) in [5, 5.41) is 96.0. The summed E-state index contributed by atoms with van der Waals surface area (Å²) < 4.78 is 0. The number of benzene rings is 2. The van der Waals surface area contributed by atoms with Gasteiger partial charge in [0.2, 0.25) is 0 Å². The van der Waals surface area contributed by atoms with Gasteiger partial charge in [-0.3, -0.25) is 51.5 Å². The Morgan fingerprint density at radius 3 is 0.908 bits per heavy atom. The Labute approximate surface area is 783 Å². The van der Waals surface area contributed by atoms with Gasteiger partial charge in [-0.15, -0.1) is 96.0 Å². The Morgan fingerprint density at radius 2 is 0.558 bits per heavy atom. The van der Waals surface area contributed by atoms with E-state index in [-0.39, 0.29) is 90.7 Å². The third-order valence-electron chi connectivity index (χ3n) is 11.6. The molecule has 28 N–H and O–H groups in total. The van der Waals surface area contributed by atoms with Crippen LogP contribution in [-0.4, -0.2) is 71.0 Å². The highest BCUT2D eigenvalue weighted by Gasteiger charge is 2.04. The van der Waals surface area contributed by atoms with Crippen molar-refractivity contribution in [2.75, 3.05) is 0 Å². The Balaban J connectivity index is -0.000000193. The van der Waals surface area contributed by atoms with E-state index in [1.807, 2.05) is 121 Å². The predicted octanol–water partition coefficient (Wildman–Crippen LogP) is 12.3. The Kier molecular flexibility index (Phi) is 88.8. The molecule has 120 heavy (non-hydrogen) atoms. The molecule has 640 valence electrons. The molecule has 0 saturated carbocycles. The summed E-state index contributed by atoms with van der Waals surface area (Å²) in [5.41, 5.74) is 72.9. The molecule has 0 amide bonds. The van der Waals surface area contributed by atoms with Gasteiger partial charge in [0.15, 0.2) is 41.1 Å². The number of nitriles is 8. The molecule has 0 bridgehead atoms. The quantitative estimate of drug-likeness (QED) is 0.0146. The van der Waals surface area contributed by atoms with Gasteiger partial charge in [-0.2, -0.15) is 42.1 Å². The molecule has 0 atom stereocenters. The van der Waals surface area contributed by atoms with E-state index in [0.29, 0.717) is 97.9 Å². The highest BCUT2D eigenvalue weighted by Crippen LogP contribution is 2.17. The first kappa shape index (κ1) is 125. The molecule has 0 aliphatic heterocycles. The fraction of sp³-hybridized carbons (Fsp3) is 0.216.